The molecule has 1 atom stereocenters. The van der Waals surface area contributed by atoms with Gasteiger partial charge in [0.15, 0.2) is 0 Å². The van der Waals surface area contributed by atoms with Gasteiger partial charge in [0, 0.05) is 5.92 Å². The minimum Gasteiger partial charge on any atom is -0.0988 e. The van der Waals surface area contributed by atoms with Crippen LogP contribution in [0.4, 0.5) is 0 Å². The van der Waals surface area contributed by atoms with Crippen LogP contribution in [0.25, 0.3) is 6.08 Å². The molecule has 1 unspecified atom stereocenters. The fraction of sp³-hybridized carbons (Fsp3) is 0.294. The van der Waals surface area contributed by atoms with Crippen LogP contribution in [0.2, 0.25) is 0 Å². The first-order valence-electron chi connectivity index (χ1n) is 6.16. The summed E-state index contributed by atoms with van der Waals surface area (Å²) in [7, 11) is 0. The van der Waals surface area contributed by atoms with Crippen LogP contribution in [0.3, 0.4) is 0 Å². The molecule has 0 amide bonds. The maximum Gasteiger partial charge on any atom is 0.00544 e. The highest BCUT2D eigenvalue weighted by Crippen LogP contribution is 2.32. The molecule has 90 valence electrons. The van der Waals surface area contributed by atoms with Gasteiger partial charge in [-0.2, -0.15) is 0 Å². The van der Waals surface area contributed by atoms with E-state index >= 15 is 0 Å². The molecule has 1 aromatic carbocycles. The summed E-state index contributed by atoms with van der Waals surface area (Å²) in [5, 5.41) is 0. The van der Waals surface area contributed by atoms with Gasteiger partial charge in [-0.15, -0.1) is 0 Å². The van der Waals surface area contributed by atoms with Crippen molar-refractivity contribution in [1.82, 2.24) is 0 Å². The summed E-state index contributed by atoms with van der Waals surface area (Å²) >= 11 is 0. The zero-order chi connectivity index (χ0) is 12.8. The maximum absolute atomic E-state index is 3.90. The van der Waals surface area contributed by atoms with Crippen molar-refractivity contribution in [2.24, 2.45) is 0 Å². The molecule has 1 rings (SSSR count). The van der Waals surface area contributed by atoms with Crippen molar-refractivity contribution in [2.75, 3.05) is 0 Å². The second-order valence-corrected chi connectivity index (χ2v) is 4.36. The number of benzene rings is 1. The lowest BCUT2D eigenvalue weighted by molar-refractivity contribution is 0.751. The molecule has 0 spiro atoms. The Morgan fingerprint density at radius 2 is 1.88 bits per heavy atom. The zero-order valence-electron chi connectivity index (χ0n) is 11.2. The van der Waals surface area contributed by atoms with Gasteiger partial charge in [0.2, 0.25) is 0 Å². The monoisotopic (exact) mass is 226 g/mol. The first-order valence-corrected chi connectivity index (χ1v) is 6.16. The predicted octanol–water partition coefficient (Wildman–Crippen LogP) is 5.35. The van der Waals surface area contributed by atoms with Gasteiger partial charge in [0.05, 0.1) is 0 Å². The van der Waals surface area contributed by atoms with E-state index in [4.69, 9.17) is 0 Å². The van der Waals surface area contributed by atoms with E-state index in [0.29, 0.717) is 5.92 Å². The van der Waals surface area contributed by atoms with Gasteiger partial charge in [0.25, 0.3) is 0 Å². The van der Waals surface area contributed by atoms with E-state index in [2.05, 4.69) is 58.2 Å². The Hall–Kier alpha value is -1.56. The first-order chi connectivity index (χ1) is 8.15. The Labute approximate surface area is 105 Å². The van der Waals surface area contributed by atoms with Gasteiger partial charge in [0.1, 0.15) is 0 Å². The molecule has 0 aromatic heterocycles. The molecule has 0 aliphatic heterocycles. The van der Waals surface area contributed by atoms with Crippen LogP contribution in [0.15, 0.2) is 54.6 Å². The molecule has 0 saturated heterocycles. The normalized spacial score (nSPS) is 13.8. The highest BCUT2D eigenvalue weighted by molar-refractivity contribution is 5.54. The molecule has 1 aromatic rings. The highest BCUT2D eigenvalue weighted by Gasteiger charge is 2.14. The molecule has 0 radical (unpaired) electrons. The third-order valence-electron chi connectivity index (χ3n) is 3.45. The largest absolute Gasteiger partial charge is 0.0988 e. The molecule has 0 N–H and O–H groups in total. The summed E-state index contributed by atoms with van der Waals surface area (Å²) in [5.74, 6) is 0.460. The number of rotatable bonds is 5. The minimum atomic E-state index is 0.460. The van der Waals surface area contributed by atoms with E-state index in [1.165, 1.54) is 22.3 Å². The fourth-order valence-corrected chi connectivity index (χ4v) is 2.21. The number of hydrogen-bond donors (Lipinski definition) is 0. The van der Waals surface area contributed by atoms with Crippen LogP contribution < -0.4 is 0 Å². The van der Waals surface area contributed by atoms with Gasteiger partial charge in [-0.25, -0.2) is 0 Å². The van der Waals surface area contributed by atoms with Crippen LogP contribution in [-0.4, -0.2) is 0 Å². The van der Waals surface area contributed by atoms with Crippen molar-refractivity contribution in [3.05, 3.63) is 65.8 Å². The lowest BCUT2D eigenvalue weighted by atomic mass is 9.84. The molecule has 0 aliphatic rings. The van der Waals surface area contributed by atoms with Gasteiger partial charge in [-0.3, -0.25) is 0 Å². The van der Waals surface area contributed by atoms with Crippen molar-refractivity contribution in [3.63, 3.8) is 0 Å². The topological polar surface area (TPSA) is 0 Å². The van der Waals surface area contributed by atoms with Gasteiger partial charge in [-0.1, -0.05) is 67.6 Å². The summed E-state index contributed by atoms with van der Waals surface area (Å²) in [6.45, 7) is 14.3. The number of hydrogen-bond acceptors (Lipinski definition) is 0. The van der Waals surface area contributed by atoms with E-state index in [0.717, 1.165) is 6.42 Å². The second kappa shape index (κ2) is 6.24. The van der Waals surface area contributed by atoms with Crippen LogP contribution >= 0.6 is 0 Å². The average Bonchev–Trinajstić information content (AvgIpc) is 2.39. The van der Waals surface area contributed by atoms with Crippen molar-refractivity contribution in [1.29, 1.82) is 0 Å². The number of allylic oxidation sites excluding steroid dienone is 3. The molecular formula is C17H22. The van der Waals surface area contributed by atoms with Gasteiger partial charge < -0.3 is 0 Å². The van der Waals surface area contributed by atoms with Crippen molar-refractivity contribution in [3.8, 4) is 0 Å². The van der Waals surface area contributed by atoms with E-state index in [1.807, 2.05) is 12.2 Å². The summed E-state index contributed by atoms with van der Waals surface area (Å²) in [5.41, 5.74) is 5.27. The minimum absolute atomic E-state index is 0.460. The van der Waals surface area contributed by atoms with Crippen LogP contribution in [-0.2, 0) is 0 Å². The van der Waals surface area contributed by atoms with Crippen molar-refractivity contribution in [2.45, 2.75) is 33.1 Å². The molecule has 0 bridgehead atoms. The molecule has 17 heavy (non-hydrogen) atoms. The lowest BCUT2D eigenvalue weighted by Crippen LogP contribution is -2.03. The van der Waals surface area contributed by atoms with E-state index < -0.39 is 0 Å². The molecule has 0 heteroatoms. The SMILES string of the molecule is C=C/C(C)=C(\C)C(CC)c1ccccc1C=C. The van der Waals surface area contributed by atoms with Gasteiger partial charge >= 0.3 is 0 Å². The Balaban J connectivity index is 3.27. The lowest BCUT2D eigenvalue weighted by Gasteiger charge is -2.20. The summed E-state index contributed by atoms with van der Waals surface area (Å²) in [6.07, 6.45) is 4.98. The Kier molecular flexibility index (Phi) is 4.96. The van der Waals surface area contributed by atoms with E-state index in [1.54, 1.807) is 0 Å². The maximum atomic E-state index is 3.90. The van der Waals surface area contributed by atoms with Crippen LogP contribution in [0, 0.1) is 0 Å². The third-order valence-corrected chi connectivity index (χ3v) is 3.45. The Morgan fingerprint density at radius 3 is 2.41 bits per heavy atom. The second-order valence-electron chi connectivity index (χ2n) is 4.36. The average molecular weight is 226 g/mol. The molecule has 0 heterocycles. The van der Waals surface area contributed by atoms with E-state index in [9.17, 15) is 0 Å². The molecule has 0 fully saturated rings. The smallest absolute Gasteiger partial charge is 0.00544 e. The Bertz CT molecular complexity index is 435. The fourth-order valence-electron chi connectivity index (χ4n) is 2.21. The molecule has 0 saturated carbocycles. The predicted molar refractivity (Wildman–Crippen MR) is 78.1 cm³/mol. The van der Waals surface area contributed by atoms with Crippen molar-refractivity contribution >= 4 is 6.08 Å². The molecule has 0 aliphatic carbocycles. The van der Waals surface area contributed by atoms with Crippen molar-refractivity contribution < 1.29 is 0 Å². The highest BCUT2D eigenvalue weighted by atomic mass is 14.2. The van der Waals surface area contributed by atoms with E-state index in [-0.39, 0.29) is 0 Å². The standard InChI is InChI=1S/C17H22/c1-6-13(4)14(5)16(8-3)17-12-10-9-11-15(17)7-2/h6-7,9-12,16H,1-2,8H2,3-5H3/b14-13+. The molecular weight excluding hydrogens is 204 g/mol. The molecule has 0 nitrogen and oxygen atoms in total. The zero-order valence-corrected chi connectivity index (χ0v) is 11.2. The summed E-state index contributed by atoms with van der Waals surface area (Å²) in [6, 6.07) is 8.49. The quantitative estimate of drug-likeness (QED) is 0.594. The van der Waals surface area contributed by atoms with Gasteiger partial charge in [-0.05, 0) is 31.4 Å². The van der Waals surface area contributed by atoms with Crippen LogP contribution in [0.1, 0.15) is 44.2 Å². The summed E-state index contributed by atoms with van der Waals surface area (Å²) in [4.78, 5) is 0. The summed E-state index contributed by atoms with van der Waals surface area (Å²) < 4.78 is 0. The van der Waals surface area contributed by atoms with Crippen LogP contribution in [0.5, 0.6) is 0 Å². The Morgan fingerprint density at radius 1 is 1.24 bits per heavy atom. The first kappa shape index (κ1) is 13.5. The third kappa shape index (κ3) is 2.97.